The average Bonchev–Trinajstić information content (AvgIpc) is 2.91. The van der Waals surface area contributed by atoms with Gasteiger partial charge >= 0.3 is 0 Å². The highest BCUT2D eigenvalue weighted by molar-refractivity contribution is 5.55. The molecule has 2 aromatic heterocycles. The first-order valence-corrected chi connectivity index (χ1v) is 6.35. The van der Waals surface area contributed by atoms with E-state index in [0.29, 0.717) is 5.92 Å². The molecule has 0 spiro atoms. The maximum absolute atomic E-state index is 4.34. The standard InChI is InChI=1S/C13H19N5/c1-3-5-11(2)8-16-12-6-4-7-15-13(12)18-10-14-9-17-18/h4,6-7,9-11,16H,3,5,8H2,1-2H3. The van der Waals surface area contributed by atoms with Crippen LogP contribution >= 0.6 is 0 Å². The fourth-order valence-electron chi connectivity index (χ4n) is 1.91. The normalized spacial score (nSPS) is 12.3. The molecule has 96 valence electrons. The van der Waals surface area contributed by atoms with Crippen molar-refractivity contribution in [2.45, 2.75) is 26.7 Å². The Bertz CT molecular complexity index is 466. The number of aromatic nitrogens is 4. The van der Waals surface area contributed by atoms with Crippen LogP contribution in [-0.4, -0.2) is 26.3 Å². The zero-order valence-electron chi connectivity index (χ0n) is 10.9. The number of hydrogen-bond acceptors (Lipinski definition) is 4. The summed E-state index contributed by atoms with van der Waals surface area (Å²) in [6.07, 6.45) is 7.37. The number of rotatable bonds is 6. The summed E-state index contributed by atoms with van der Waals surface area (Å²) in [5, 5.41) is 7.55. The van der Waals surface area contributed by atoms with Crippen molar-refractivity contribution < 1.29 is 0 Å². The Morgan fingerprint density at radius 3 is 3.06 bits per heavy atom. The molecule has 18 heavy (non-hydrogen) atoms. The van der Waals surface area contributed by atoms with Crippen molar-refractivity contribution in [1.29, 1.82) is 0 Å². The van der Waals surface area contributed by atoms with Crippen molar-refractivity contribution in [3.8, 4) is 5.82 Å². The van der Waals surface area contributed by atoms with Gasteiger partial charge in [-0.2, -0.15) is 5.10 Å². The molecular formula is C13H19N5. The van der Waals surface area contributed by atoms with E-state index in [4.69, 9.17) is 0 Å². The lowest BCUT2D eigenvalue weighted by molar-refractivity contribution is 0.550. The van der Waals surface area contributed by atoms with E-state index in [1.165, 1.54) is 19.2 Å². The number of nitrogens with zero attached hydrogens (tertiary/aromatic N) is 4. The van der Waals surface area contributed by atoms with Crippen LogP contribution in [-0.2, 0) is 0 Å². The van der Waals surface area contributed by atoms with Gasteiger partial charge in [-0.1, -0.05) is 20.3 Å². The summed E-state index contributed by atoms with van der Waals surface area (Å²) in [5.41, 5.74) is 0.992. The third-order valence-corrected chi connectivity index (χ3v) is 2.84. The van der Waals surface area contributed by atoms with Crippen molar-refractivity contribution >= 4 is 5.69 Å². The minimum absolute atomic E-state index is 0.652. The quantitative estimate of drug-likeness (QED) is 0.849. The fourth-order valence-corrected chi connectivity index (χ4v) is 1.91. The molecule has 1 unspecified atom stereocenters. The van der Waals surface area contributed by atoms with Gasteiger partial charge in [-0.05, 0) is 24.5 Å². The first kappa shape index (κ1) is 12.5. The van der Waals surface area contributed by atoms with Crippen LogP contribution < -0.4 is 5.32 Å². The van der Waals surface area contributed by atoms with Crippen LogP contribution in [0.5, 0.6) is 0 Å². The molecule has 1 N–H and O–H groups in total. The van der Waals surface area contributed by atoms with E-state index >= 15 is 0 Å². The molecule has 5 heteroatoms. The summed E-state index contributed by atoms with van der Waals surface area (Å²) < 4.78 is 1.67. The van der Waals surface area contributed by atoms with Gasteiger partial charge < -0.3 is 5.32 Å². The molecule has 0 fully saturated rings. The minimum Gasteiger partial charge on any atom is -0.382 e. The highest BCUT2D eigenvalue weighted by Gasteiger charge is 2.07. The highest BCUT2D eigenvalue weighted by Crippen LogP contribution is 2.16. The Balaban J connectivity index is 2.09. The molecule has 5 nitrogen and oxygen atoms in total. The average molecular weight is 245 g/mol. The van der Waals surface area contributed by atoms with Gasteiger partial charge in [0, 0.05) is 12.7 Å². The van der Waals surface area contributed by atoms with Crippen LogP contribution in [0.4, 0.5) is 5.69 Å². The number of hydrogen-bond donors (Lipinski definition) is 1. The molecule has 0 saturated heterocycles. The van der Waals surface area contributed by atoms with E-state index < -0.39 is 0 Å². The number of anilines is 1. The lowest BCUT2D eigenvalue weighted by atomic mass is 10.1. The molecule has 0 aliphatic rings. The predicted octanol–water partition coefficient (Wildman–Crippen LogP) is 2.51. The second-order valence-corrected chi connectivity index (χ2v) is 4.49. The first-order valence-electron chi connectivity index (χ1n) is 6.35. The van der Waals surface area contributed by atoms with Gasteiger partial charge in [0.05, 0.1) is 5.69 Å². The van der Waals surface area contributed by atoms with Gasteiger partial charge in [-0.25, -0.2) is 14.6 Å². The van der Waals surface area contributed by atoms with Crippen molar-refractivity contribution in [3.05, 3.63) is 31.0 Å². The Morgan fingerprint density at radius 1 is 1.44 bits per heavy atom. The molecular weight excluding hydrogens is 226 g/mol. The van der Waals surface area contributed by atoms with Crippen molar-refractivity contribution in [3.63, 3.8) is 0 Å². The van der Waals surface area contributed by atoms with E-state index in [2.05, 4.69) is 34.2 Å². The molecule has 2 aromatic rings. The lowest BCUT2D eigenvalue weighted by Gasteiger charge is -2.14. The van der Waals surface area contributed by atoms with Gasteiger partial charge in [0.2, 0.25) is 0 Å². The SMILES string of the molecule is CCCC(C)CNc1cccnc1-n1cncn1. The smallest absolute Gasteiger partial charge is 0.178 e. The first-order chi connectivity index (χ1) is 8.81. The zero-order chi connectivity index (χ0) is 12.8. The van der Waals surface area contributed by atoms with E-state index in [9.17, 15) is 0 Å². The number of nitrogens with one attached hydrogen (secondary N) is 1. The molecule has 0 saturated carbocycles. The summed E-state index contributed by atoms with van der Waals surface area (Å²) in [6, 6.07) is 3.94. The topological polar surface area (TPSA) is 55.6 Å². The van der Waals surface area contributed by atoms with Crippen LogP contribution in [0.2, 0.25) is 0 Å². The maximum atomic E-state index is 4.34. The monoisotopic (exact) mass is 245 g/mol. The van der Waals surface area contributed by atoms with Gasteiger partial charge in [0.15, 0.2) is 5.82 Å². The predicted molar refractivity (Wildman–Crippen MR) is 71.7 cm³/mol. The van der Waals surface area contributed by atoms with Crippen molar-refractivity contribution in [2.24, 2.45) is 5.92 Å². The molecule has 0 amide bonds. The molecule has 0 bridgehead atoms. The zero-order valence-corrected chi connectivity index (χ0v) is 10.9. The molecule has 0 aliphatic heterocycles. The lowest BCUT2D eigenvalue weighted by Crippen LogP contribution is -2.13. The van der Waals surface area contributed by atoms with E-state index in [1.807, 2.05) is 12.1 Å². The van der Waals surface area contributed by atoms with E-state index in [-0.39, 0.29) is 0 Å². The summed E-state index contributed by atoms with van der Waals surface area (Å²) in [4.78, 5) is 8.29. The van der Waals surface area contributed by atoms with Crippen LogP contribution in [0.1, 0.15) is 26.7 Å². The third-order valence-electron chi connectivity index (χ3n) is 2.84. The largest absolute Gasteiger partial charge is 0.382 e. The Kier molecular flexibility index (Phi) is 4.28. The Hall–Kier alpha value is -1.91. The highest BCUT2D eigenvalue weighted by atomic mass is 15.3. The maximum Gasteiger partial charge on any atom is 0.178 e. The third kappa shape index (κ3) is 3.06. The number of pyridine rings is 1. The van der Waals surface area contributed by atoms with Gasteiger partial charge in [-0.15, -0.1) is 0 Å². The molecule has 0 aliphatic carbocycles. The summed E-state index contributed by atoms with van der Waals surface area (Å²) in [7, 11) is 0. The van der Waals surface area contributed by atoms with Crippen LogP contribution in [0.25, 0.3) is 5.82 Å². The summed E-state index contributed by atoms with van der Waals surface area (Å²) in [5.74, 6) is 1.44. The van der Waals surface area contributed by atoms with Crippen molar-refractivity contribution in [1.82, 2.24) is 19.7 Å². The van der Waals surface area contributed by atoms with E-state index in [1.54, 1.807) is 17.2 Å². The second kappa shape index (κ2) is 6.14. The summed E-state index contributed by atoms with van der Waals surface area (Å²) in [6.45, 7) is 5.41. The Morgan fingerprint density at radius 2 is 2.33 bits per heavy atom. The molecule has 2 rings (SSSR count). The Labute approximate surface area is 107 Å². The van der Waals surface area contributed by atoms with Crippen LogP contribution in [0, 0.1) is 5.92 Å². The minimum atomic E-state index is 0.652. The molecule has 0 aromatic carbocycles. The summed E-state index contributed by atoms with van der Waals surface area (Å²) >= 11 is 0. The fraction of sp³-hybridized carbons (Fsp3) is 0.462. The van der Waals surface area contributed by atoms with Gasteiger partial charge in [-0.3, -0.25) is 0 Å². The van der Waals surface area contributed by atoms with Crippen LogP contribution in [0.3, 0.4) is 0 Å². The van der Waals surface area contributed by atoms with Gasteiger partial charge in [0.25, 0.3) is 0 Å². The molecule has 1 atom stereocenters. The van der Waals surface area contributed by atoms with E-state index in [0.717, 1.165) is 18.1 Å². The molecule has 2 heterocycles. The van der Waals surface area contributed by atoms with Crippen molar-refractivity contribution in [2.75, 3.05) is 11.9 Å². The second-order valence-electron chi connectivity index (χ2n) is 4.49. The van der Waals surface area contributed by atoms with Gasteiger partial charge in [0.1, 0.15) is 12.7 Å². The van der Waals surface area contributed by atoms with Crippen LogP contribution in [0.15, 0.2) is 31.0 Å². The molecule has 0 radical (unpaired) electrons.